The molecule has 27 heavy (non-hydrogen) atoms. The molecule has 0 aliphatic carbocycles. The molecule has 2 heterocycles. The van der Waals surface area contributed by atoms with Crippen molar-refractivity contribution < 1.29 is 14.3 Å². The van der Waals surface area contributed by atoms with Gasteiger partial charge in [-0.05, 0) is 53.6 Å². The van der Waals surface area contributed by atoms with E-state index in [1.54, 1.807) is 12.3 Å². The molecule has 1 aliphatic heterocycles. The Bertz CT molecular complexity index is 941. The minimum atomic E-state index is -0.0930. The van der Waals surface area contributed by atoms with E-state index in [0.717, 1.165) is 34.7 Å². The van der Waals surface area contributed by atoms with E-state index in [1.807, 2.05) is 54.6 Å². The van der Waals surface area contributed by atoms with Gasteiger partial charge in [0.25, 0.3) is 5.91 Å². The Morgan fingerprint density at radius 1 is 1.11 bits per heavy atom. The van der Waals surface area contributed by atoms with Crippen LogP contribution in [0.1, 0.15) is 27.2 Å². The van der Waals surface area contributed by atoms with Crippen molar-refractivity contribution in [3.8, 4) is 11.5 Å². The number of benzene rings is 2. The summed E-state index contributed by atoms with van der Waals surface area (Å²) in [6.07, 6.45) is 2.60. The lowest BCUT2D eigenvalue weighted by Crippen LogP contribution is -2.22. The smallest absolute Gasteiger partial charge is 0.251 e. The van der Waals surface area contributed by atoms with Crippen LogP contribution < -0.4 is 14.8 Å². The van der Waals surface area contributed by atoms with Crippen LogP contribution in [0, 0.1) is 0 Å². The Labute approximate surface area is 158 Å². The maximum Gasteiger partial charge on any atom is 0.251 e. The molecule has 1 aromatic heterocycles. The molecule has 1 N–H and O–H groups in total. The third-order valence-corrected chi connectivity index (χ3v) is 4.42. The summed E-state index contributed by atoms with van der Waals surface area (Å²) in [4.78, 5) is 16.7. The van der Waals surface area contributed by atoms with E-state index < -0.39 is 0 Å². The lowest BCUT2D eigenvalue weighted by atomic mass is 10.1. The van der Waals surface area contributed by atoms with Gasteiger partial charge in [-0.3, -0.25) is 9.78 Å². The van der Waals surface area contributed by atoms with Crippen molar-refractivity contribution in [2.45, 2.75) is 19.6 Å². The summed E-state index contributed by atoms with van der Waals surface area (Å²) in [5.74, 6) is 1.54. The van der Waals surface area contributed by atoms with Gasteiger partial charge in [0.05, 0.1) is 12.3 Å². The Kier molecular flexibility index (Phi) is 5.01. The number of carbonyl (C=O) groups excluding carboxylic acids is 1. The molecule has 0 unspecified atom stereocenters. The number of fused-ring (bicyclic) bond motifs is 1. The standard InChI is InChI=1S/C22H20N2O3/c25-22(18-7-8-21-17(13-18)9-11-26-21)24-14-16-4-3-6-20(12-16)27-15-19-5-1-2-10-23-19/h1-8,10,12-13H,9,11,14-15H2,(H,24,25). The van der Waals surface area contributed by atoms with Gasteiger partial charge in [-0.25, -0.2) is 0 Å². The van der Waals surface area contributed by atoms with E-state index in [1.165, 1.54) is 0 Å². The molecule has 2 aromatic carbocycles. The Balaban J connectivity index is 1.35. The van der Waals surface area contributed by atoms with Gasteiger partial charge in [-0.2, -0.15) is 0 Å². The monoisotopic (exact) mass is 360 g/mol. The Hall–Kier alpha value is -3.34. The summed E-state index contributed by atoms with van der Waals surface area (Å²) in [7, 11) is 0. The van der Waals surface area contributed by atoms with Crippen LogP contribution in [-0.4, -0.2) is 17.5 Å². The molecule has 4 rings (SSSR count). The first-order valence-electron chi connectivity index (χ1n) is 8.93. The number of nitrogens with zero attached hydrogens (tertiary/aromatic N) is 1. The molecule has 0 saturated carbocycles. The highest BCUT2D eigenvalue weighted by Crippen LogP contribution is 2.25. The molecular formula is C22H20N2O3. The fourth-order valence-electron chi connectivity index (χ4n) is 3.00. The molecule has 0 atom stereocenters. The first kappa shape index (κ1) is 17.1. The van der Waals surface area contributed by atoms with Gasteiger partial charge >= 0.3 is 0 Å². The maximum atomic E-state index is 12.4. The van der Waals surface area contributed by atoms with Crippen molar-refractivity contribution in [3.63, 3.8) is 0 Å². The molecule has 0 fully saturated rings. The summed E-state index contributed by atoms with van der Waals surface area (Å²) in [5, 5.41) is 2.96. The number of pyridine rings is 1. The van der Waals surface area contributed by atoms with Crippen LogP contribution in [0.25, 0.3) is 0 Å². The van der Waals surface area contributed by atoms with Crippen LogP contribution in [0.5, 0.6) is 11.5 Å². The average molecular weight is 360 g/mol. The van der Waals surface area contributed by atoms with Gasteiger partial charge in [-0.15, -0.1) is 0 Å². The molecule has 5 nitrogen and oxygen atoms in total. The number of carbonyl (C=O) groups is 1. The number of hydrogen-bond donors (Lipinski definition) is 1. The van der Waals surface area contributed by atoms with Crippen molar-refractivity contribution in [2.75, 3.05) is 6.61 Å². The quantitative estimate of drug-likeness (QED) is 0.731. The van der Waals surface area contributed by atoms with E-state index >= 15 is 0 Å². The molecule has 136 valence electrons. The molecule has 0 spiro atoms. The fraction of sp³-hybridized carbons (Fsp3) is 0.182. The number of amides is 1. The molecule has 0 radical (unpaired) electrons. The van der Waals surface area contributed by atoms with Crippen LogP contribution in [0.15, 0.2) is 66.9 Å². The highest BCUT2D eigenvalue weighted by atomic mass is 16.5. The minimum absolute atomic E-state index is 0.0930. The van der Waals surface area contributed by atoms with Gasteiger partial charge in [0.1, 0.15) is 18.1 Å². The lowest BCUT2D eigenvalue weighted by Gasteiger charge is -2.09. The summed E-state index contributed by atoms with van der Waals surface area (Å²) in [5.41, 5.74) is 3.59. The van der Waals surface area contributed by atoms with Crippen LogP contribution in [0.2, 0.25) is 0 Å². The van der Waals surface area contributed by atoms with Gasteiger partial charge in [-0.1, -0.05) is 18.2 Å². The zero-order chi connectivity index (χ0) is 18.5. The molecule has 0 bridgehead atoms. The van der Waals surface area contributed by atoms with Gasteiger partial charge in [0.15, 0.2) is 0 Å². The number of nitrogens with one attached hydrogen (secondary N) is 1. The topological polar surface area (TPSA) is 60.5 Å². The third-order valence-electron chi connectivity index (χ3n) is 4.42. The second-order valence-corrected chi connectivity index (χ2v) is 6.36. The van der Waals surface area contributed by atoms with Crippen LogP contribution in [0.3, 0.4) is 0 Å². The summed E-state index contributed by atoms with van der Waals surface area (Å²) >= 11 is 0. The van der Waals surface area contributed by atoms with Crippen LogP contribution >= 0.6 is 0 Å². The fourth-order valence-corrected chi connectivity index (χ4v) is 3.00. The number of ether oxygens (including phenoxy) is 2. The first-order chi connectivity index (χ1) is 13.3. The van der Waals surface area contributed by atoms with Crippen LogP contribution in [-0.2, 0) is 19.6 Å². The van der Waals surface area contributed by atoms with Crippen molar-refractivity contribution in [1.29, 1.82) is 0 Å². The second-order valence-electron chi connectivity index (χ2n) is 6.36. The van der Waals surface area contributed by atoms with Crippen LogP contribution in [0.4, 0.5) is 0 Å². The SMILES string of the molecule is O=C(NCc1cccc(OCc2ccccn2)c1)c1ccc2c(c1)CCO2. The predicted molar refractivity (Wildman–Crippen MR) is 102 cm³/mol. The molecule has 1 amide bonds. The number of rotatable bonds is 6. The summed E-state index contributed by atoms with van der Waals surface area (Å²) < 4.78 is 11.3. The van der Waals surface area contributed by atoms with Gasteiger partial charge in [0, 0.05) is 24.7 Å². The van der Waals surface area contributed by atoms with Crippen molar-refractivity contribution in [1.82, 2.24) is 10.3 Å². The Morgan fingerprint density at radius 3 is 2.96 bits per heavy atom. The number of aromatic nitrogens is 1. The van der Waals surface area contributed by atoms with Crippen molar-refractivity contribution in [3.05, 3.63) is 89.2 Å². The highest BCUT2D eigenvalue weighted by Gasteiger charge is 2.14. The maximum absolute atomic E-state index is 12.4. The normalized spacial score (nSPS) is 12.1. The second kappa shape index (κ2) is 7.91. The first-order valence-corrected chi connectivity index (χ1v) is 8.93. The average Bonchev–Trinajstić information content (AvgIpc) is 3.19. The van der Waals surface area contributed by atoms with E-state index in [-0.39, 0.29) is 5.91 Å². The highest BCUT2D eigenvalue weighted by molar-refractivity contribution is 5.94. The van der Waals surface area contributed by atoms with E-state index in [2.05, 4.69) is 10.3 Å². The molecule has 0 saturated heterocycles. The Morgan fingerprint density at radius 2 is 2.07 bits per heavy atom. The van der Waals surface area contributed by atoms with E-state index in [4.69, 9.17) is 9.47 Å². The number of hydrogen-bond acceptors (Lipinski definition) is 4. The molecule has 3 aromatic rings. The minimum Gasteiger partial charge on any atom is -0.493 e. The van der Waals surface area contributed by atoms with E-state index in [0.29, 0.717) is 25.3 Å². The van der Waals surface area contributed by atoms with Gasteiger partial charge in [0.2, 0.25) is 0 Å². The molecular weight excluding hydrogens is 340 g/mol. The third kappa shape index (κ3) is 4.26. The van der Waals surface area contributed by atoms with E-state index in [9.17, 15) is 4.79 Å². The predicted octanol–water partition coefficient (Wildman–Crippen LogP) is 3.53. The summed E-state index contributed by atoms with van der Waals surface area (Å²) in [6.45, 7) is 1.53. The largest absolute Gasteiger partial charge is 0.493 e. The zero-order valence-electron chi connectivity index (χ0n) is 14.9. The molecule has 1 aliphatic rings. The van der Waals surface area contributed by atoms with Crippen molar-refractivity contribution in [2.24, 2.45) is 0 Å². The summed E-state index contributed by atoms with van der Waals surface area (Å²) in [6, 6.07) is 19.0. The van der Waals surface area contributed by atoms with Gasteiger partial charge < -0.3 is 14.8 Å². The zero-order valence-corrected chi connectivity index (χ0v) is 14.9. The van der Waals surface area contributed by atoms with Crippen molar-refractivity contribution >= 4 is 5.91 Å². The lowest BCUT2D eigenvalue weighted by molar-refractivity contribution is 0.0950. The molecule has 5 heteroatoms.